The molecule has 0 fully saturated rings. The van der Waals surface area contributed by atoms with Gasteiger partial charge in [0.15, 0.2) is 5.82 Å². The zero-order valence-electron chi connectivity index (χ0n) is 13.0. The van der Waals surface area contributed by atoms with E-state index in [1.807, 2.05) is 29.6 Å². The molecule has 0 amide bonds. The van der Waals surface area contributed by atoms with E-state index in [-0.39, 0.29) is 0 Å². The van der Waals surface area contributed by atoms with Crippen LogP contribution >= 0.6 is 34.3 Å². The van der Waals surface area contributed by atoms with Gasteiger partial charge in [-0.2, -0.15) is 0 Å². The van der Waals surface area contributed by atoms with Crippen LogP contribution in [0, 0.1) is 6.92 Å². The van der Waals surface area contributed by atoms with E-state index in [1.165, 1.54) is 0 Å². The third-order valence-electron chi connectivity index (χ3n) is 3.84. The number of benzene rings is 1. The van der Waals surface area contributed by atoms with Gasteiger partial charge in [-0.1, -0.05) is 17.7 Å². The Morgan fingerprint density at radius 3 is 2.54 bits per heavy atom. The lowest BCUT2D eigenvalue weighted by Crippen LogP contribution is -1.88. The third kappa shape index (κ3) is 2.59. The number of hydrogen-bond acceptors (Lipinski definition) is 5. The maximum absolute atomic E-state index is 6.47. The molecular formula is C18H13ClN2OS2. The predicted molar refractivity (Wildman–Crippen MR) is 102 cm³/mol. The molecule has 0 bridgehead atoms. The first-order valence-electron chi connectivity index (χ1n) is 7.32. The van der Waals surface area contributed by atoms with Crippen LogP contribution < -0.4 is 4.74 Å². The first kappa shape index (κ1) is 15.6. The Morgan fingerprint density at radius 1 is 1.08 bits per heavy atom. The van der Waals surface area contributed by atoms with Crippen LogP contribution in [-0.4, -0.2) is 17.1 Å². The van der Waals surface area contributed by atoms with Gasteiger partial charge >= 0.3 is 0 Å². The second-order valence-corrected chi connectivity index (χ2v) is 7.58. The van der Waals surface area contributed by atoms with Crippen molar-refractivity contribution in [1.29, 1.82) is 0 Å². The standard InChI is InChI=1S/C18H13ClN2OS2/c1-10-14-16(19)20-17(13-4-3-9-23-13)21-18(14)24-15(10)11-5-7-12(22-2)8-6-11/h3-9H,1-2H3. The Labute approximate surface area is 152 Å². The first-order chi connectivity index (χ1) is 11.7. The van der Waals surface area contributed by atoms with Crippen LogP contribution in [0.1, 0.15) is 5.56 Å². The van der Waals surface area contributed by atoms with Crippen molar-refractivity contribution in [2.75, 3.05) is 7.11 Å². The molecule has 0 radical (unpaired) electrons. The molecule has 24 heavy (non-hydrogen) atoms. The number of nitrogens with zero attached hydrogens (tertiary/aromatic N) is 2. The number of halogens is 1. The fourth-order valence-corrected chi connectivity index (χ4v) is 4.84. The zero-order chi connectivity index (χ0) is 16.7. The second kappa shape index (κ2) is 6.16. The quantitative estimate of drug-likeness (QED) is 0.410. The molecule has 120 valence electrons. The van der Waals surface area contributed by atoms with E-state index < -0.39 is 0 Å². The van der Waals surface area contributed by atoms with E-state index in [0.29, 0.717) is 11.0 Å². The normalized spacial score (nSPS) is 11.1. The largest absolute Gasteiger partial charge is 0.497 e. The van der Waals surface area contributed by atoms with Gasteiger partial charge < -0.3 is 4.74 Å². The summed E-state index contributed by atoms with van der Waals surface area (Å²) in [5, 5.41) is 3.46. The summed E-state index contributed by atoms with van der Waals surface area (Å²) in [5.41, 5.74) is 2.24. The molecular weight excluding hydrogens is 360 g/mol. The maximum atomic E-state index is 6.47. The van der Waals surface area contributed by atoms with Crippen molar-refractivity contribution in [3.05, 3.63) is 52.5 Å². The van der Waals surface area contributed by atoms with Gasteiger partial charge in [-0.25, -0.2) is 9.97 Å². The Kier molecular flexibility index (Phi) is 4.00. The molecule has 6 heteroatoms. The highest BCUT2D eigenvalue weighted by Gasteiger charge is 2.17. The molecule has 0 aliphatic carbocycles. The lowest BCUT2D eigenvalue weighted by atomic mass is 10.1. The summed E-state index contributed by atoms with van der Waals surface area (Å²) in [6, 6.07) is 12.0. The van der Waals surface area contributed by atoms with Crippen molar-refractivity contribution in [3.63, 3.8) is 0 Å². The van der Waals surface area contributed by atoms with Crippen molar-refractivity contribution in [2.45, 2.75) is 6.92 Å². The molecule has 1 aromatic carbocycles. The zero-order valence-corrected chi connectivity index (χ0v) is 15.4. The summed E-state index contributed by atoms with van der Waals surface area (Å²) in [4.78, 5) is 12.3. The maximum Gasteiger partial charge on any atom is 0.172 e. The Morgan fingerprint density at radius 2 is 1.88 bits per heavy atom. The van der Waals surface area contributed by atoms with Gasteiger partial charge in [-0.3, -0.25) is 0 Å². The smallest absolute Gasteiger partial charge is 0.172 e. The molecule has 0 saturated carbocycles. The van der Waals surface area contributed by atoms with E-state index in [9.17, 15) is 0 Å². The van der Waals surface area contributed by atoms with Gasteiger partial charge in [-0.05, 0) is 53.8 Å². The highest BCUT2D eigenvalue weighted by Crippen LogP contribution is 2.41. The average molecular weight is 373 g/mol. The summed E-state index contributed by atoms with van der Waals surface area (Å²) in [6.07, 6.45) is 0. The van der Waals surface area contributed by atoms with Gasteiger partial charge in [0.05, 0.1) is 17.4 Å². The Balaban J connectivity index is 1.88. The SMILES string of the molecule is COc1ccc(-c2sc3nc(-c4cccs4)nc(Cl)c3c2C)cc1. The molecule has 4 aromatic rings. The summed E-state index contributed by atoms with van der Waals surface area (Å²) in [5.74, 6) is 1.53. The highest BCUT2D eigenvalue weighted by molar-refractivity contribution is 7.22. The van der Waals surface area contributed by atoms with Crippen LogP contribution in [0.3, 0.4) is 0 Å². The molecule has 0 saturated heterocycles. The Bertz CT molecular complexity index is 1010. The van der Waals surface area contributed by atoms with E-state index in [1.54, 1.807) is 29.8 Å². The molecule has 0 aliphatic heterocycles. The fourth-order valence-electron chi connectivity index (χ4n) is 2.62. The van der Waals surface area contributed by atoms with Crippen molar-refractivity contribution in [2.24, 2.45) is 0 Å². The van der Waals surface area contributed by atoms with Crippen molar-refractivity contribution < 1.29 is 4.74 Å². The van der Waals surface area contributed by atoms with Crippen LogP contribution in [-0.2, 0) is 0 Å². The monoisotopic (exact) mass is 372 g/mol. The van der Waals surface area contributed by atoms with Crippen molar-refractivity contribution >= 4 is 44.5 Å². The number of fused-ring (bicyclic) bond motifs is 1. The van der Waals surface area contributed by atoms with E-state index >= 15 is 0 Å². The number of rotatable bonds is 3. The number of aromatic nitrogens is 2. The Hall–Kier alpha value is -1.95. The minimum atomic E-state index is 0.511. The van der Waals surface area contributed by atoms with Crippen molar-refractivity contribution in [1.82, 2.24) is 9.97 Å². The number of aryl methyl sites for hydroxylation is 1. The summed E-state index contributed by atoms with van der Waals surface area (Å²) >= 11 is 9.73. The number of hydrogen-bond donors (Lipinski definition) is 0. The van der Waals surface area contributed by atoms with Crippen LogP contribution in [0.2, 0.25) is 5.15 Å². The van der Waals surface area contributed by atoms with Gasteiger partial charge in [0.1, 0.15) is 15.7 Å². The summed E-state index contributed by atoms with van der Waals surface area (Å²) < 4.78 is 5.23. The summed E-state index contributed by atoms with van der Waals surface area (Å²) in [7, 11) is 1.67. The average Bonchev–Trinajstić information content (AvgIpc) is 3.23. The molecule has 3 heterocycles. The molecule has 0 atom stereocenters. The van der Waals surface area contributed by atoms with Crippen LogP contribution in [0.5, 0.6) is 5.75 Å². The molecule has 0 unspecified atom stereocenters. The number of thiophene rings is 2. The fraction of sp³-hybridized carbons (Fsp3) is 0.111. The molecule has 0 spiro atoms. The molecule has 0 aliphatic rings. The van der Waals surface area contributed by atoms with E-state index in [2.05, 4.69) is 24.0 Å². The minimum Gasteiger partial charge on any atom is -0.497 e. The second-order valence-electron chi connectivity index (χ2n) is 5.28. The van der Waals surface area contributed by atoms with Gasteiger partial charge in [0, 0.05) is 4.88 Å². The van der Waals surface area contributed by atoms with Gasteiger partial charge in [-0.15, -0.1) is 22.7 Å². The van der Waals surface area contributed by atoms with Gasteiger partial charge in [0.25, 0.3) is 0 Å². The lowest BCUT2D eigenvalue weighted by Gasteiger charge is -2.03. The molecule has 0 N–H and O–H groups in total. The molecule has 3 nitrogen and oxygen atoms in total. The number of ether oxygens (including phenoxy) is 1. The lowest BCUT2D eigenvalue weighted by molar-refractivity contribution is 0.415. The van der Waals surface area contributed by atoms with Crippen LogP contribution in [0.4, 0.5) is 0 Å². The topological polar surface area (TPSA) is 35.0 Å². The minimum absolute atomic E-state index is 0.511. The van der Waals surface area contributed by atoms with E-state index in [0.717, 1.165) is 36.8 Å². The van der Waals surface area contributed by atoms with Crippen LogP contribution in [0.25, 0.3) is 31.4 Å². The van der Waals surface area contributed by atoms with E-state index in [4.69, 9.17) is 21.3 Å². The predicted octanol–water partition coefficient (Wildman–Crippen LogP) is 6.06. The molecule has 4 rings (SSSR count). The van der Waals surface area contributed by atoms with Crippen LogP contribution in [0.15, 0.2) is 41.8 Å². The molecule has 3 aromatic heterocycles. The summed E-state index contributed by atoms with van der Waals surface area (Å²) in [6.45, 7) is 2.07. The third-order valence-corrected chi connectivity index (χ3v) is 6.21. The van der Waals surface area contributed by atoms with Gasteiger partial charge in [0.2, 0.25) is 0 Å². The first-order valence-corrected chi connectivity index (χ1v) is 9.39. The van der Waals surface area contributed by atoms with Crippen molar-refractivity contribution in [3.8, 4) is 26.9 Å². The highest BCUT2D eigenvalue weighted by atomic mass is 35.5. The number of methoxy groups -OCH3 is 1.